The first kappa shape index (κ1) is 23.4. The molecular formula is C24H19FN2O6S2. The second kappa shape index (κ2) is 8.38. The molecule has 2 bridgehead atoms. The second-order valence-corrected chi connectivity index (χ2v) is 11.4. The standard InChI is InChI=1S/C24H19FN2O6S2/c25-19-12-15(24(28)27-35(31,32)23-8-4-3-7-22(23)34(26,29)30)9-10-17(19)18-11-14-5-1-2-6-16(14)20-13-21(18)33-20/h1-12,20-21H,13H2,(H,27,28)(H2,26,29,30). The number of halogens is 1. The highest BCUT2D eigenvalue weighted by molar-refractivity contribution is 7.92. The first-order chi connectivity index (χ1) is 16.5. The van der Waals surface area contributed by atoms with Crippen LogP contribution in [-0.4, -0.2) is 28.8 Å². The van der Waals surface area contributed by atoms with Crippen LogP contribution in [-0.2, 0) is 24.8 Å². The van der Waals surface area contributed by atoms with Crippen molar-refractivity contribution in [3.8, 4) is 0 Å². The number of primary sulfonamides is 1. The highest BCUT2D eigenvalue weighted by atomic mass is 32.2. The third-order valence-corrected chi connectivity index (χ3v) is 8.46. The van der Waals surface area contributed by atoms with Crippen LogP contribution < -0.4 is 9.86 Å². The summed E-state index contributed by atoms with van der Waals surface area (Å²) in [6.45, 7) is 0. The first-order valence-corrected chi connectivity index (χ1v) is 13.5. The highest BCUT2D eigenvalue weighted by Crippen LogP contribution is 2.47. The maximum Gasteiger partial charge on any atom is 0.265 e. The number of benzene rings is 3. The van der Waals surface area contributed by atoms with Crippen LogP contribution in [0.3, 0.4) is 0 Å². The number of nitrogens with two attached hydrogens (primary N) is 1. The molecule has 2 atom stereocenters. The molecule has 2 aliphatic heterocycles. The maximum absolute atomic E-state index is 15.1. The summed E-state index contributed by atoms with van der Waals surface area (Å²) in [6, 6.07) is 15.9. The molecule has 2 unspecified atom stereocenters. The van der Waals surface area contributed by atoms with E-state index >= 15 is 4.39 Å². The molecule has 8 nitrogen and oxygen atoms in total. The minimum atomic E-state index is -4.62. The van der Waals surface area contributed by atoms with E-state index in [1.807, 2.05) is 30.3 Å². The van der Waals surface area contributed by atoms with Crippen molar-refractivity contribution in [3.63, 3.8) is 0 Å². The van der Waals surface area contributed by atoms with Crippen LogP contribution in [0.25, 0.3) is 11.6 Å². The summed E-state index contributed by atoms with van der Waals surface area (Å²) in [7, 11) is -8.99. The van der Waals surface area contributed by atoms with Gasteiger partial charge >= 0.3 is 0 Å². The Hall–Kier alpha value is -3.38. The van der Waals surface area contributed by atoms with E-state index in [0.717, 1.165) is 29.3 Å². The van der Waals surface area contributed by atoms with E-state index < -0.39 is 41.6 Å². The predicted octanol–water partition coefficient (Wildman–Crippen LogP) is 2.98. The quantitative estimate of drug-likeness (QED) is 0.538. The van der Waals surface area contributed by atoms with Crippen molar-refractivity contribution in [3.05, 3.63) is 94.8 Å². The van der Waals surface area contributed by atoms with Crippen LogP contribution in [0.4, 0.5) is 4.39 Å². The number of nitrogens with one attached hydrogen (secondary N) is 1. The summed E-state index contributed by atoms with van der Waals surface area (Å²) >= 11 is 0. The predicted molar refractivity (Wildman–Crippen MR) is 125 cm³/mol. The molecule has 1 aliphatic carbocycles. The summed E-state index contributed by atoms with van der Waals surface area (Å²) in [5.74, 6) is -1.85. The minimum Gasteiger partial charge on any atom is -0.365 e. The van der Waals surface area contributed by atoms with E-state index in [2.05, 4.69) is 0 Å². The van der Waals surface area contributed by atoms with Gasteiger partial charge in [0, 0.05) is 17.5 Å². The van der Waals surface area contributed by atoms with Crippen molar-refractivity contribution in [2.24, 2.45) is 5.14 Å². The Balaban J connectivity index is 1.44. The Morgan fingerprint density at radius 3 is 2.29 bits per heavy atom. The molecule has 35 heavy (non-hydrogen) atoms. The number of carbonyl (C=O) groups is 1. The Kier molecular flexibility index (Phi) is 5.59. The summed E-state index contributed by atoms with van der Waals surface area (Å²) in [4.78, 5) is 11.3. The molecule has 6 rings (SSSR count). The van der Waals surface area contributed by atoms with E-state index in [1.165, 1.54) is 24.3 Å². The number of sulfonamides is 2. The zero-order chi connectivity index (χ0) is 25.0. The van der Waals surface area contributed by atoms with Gasteiger partial charge in [-0.15, -0.1) is 0 Å². The molecule has 11 heteroatoms. The lowest BCUT2D eigenvalue weighted by atomic mass is 9.92. The van der Waals surface area contributed by atoms with Crippen LogP contribution in [0.5, 0.6) is 0 Å². The largest absolute Gasteiger partial charge is 0.365 e. The topological polar surface area (TPSA) is 133 Å². The number of rotatable bonds is 5. The van der Waals surface area contributed by atoms with Gasteiger partial charge in [-0.3, -0.25) is 4.79 Å². The van der Waals surface area contributed by atoms with Gasteiger partial charge in [0.25, 0.3) is 15.9 Å². The molecule has 2 heterocycles. The van der Waals surface area contributed by atoms with Gasteiger partial charge in [-0.05, 0) is 47.0 Å². The summed E-state index contributed by atoms with van der Waals surface area (Å²) in [6.07, 6.45) is 2.21. The molecular weight excluding hydrogens is 495 g/mol. The molecule has 0 aromatic heterocycles. The van der Waals surface area contributed by atoms with E-state index in [0.29, 0.717) is 12.0 Å². The lowest BCUT2D eigenvalue weighted by molar-refractivity contribution is -0.0931. The normalized spacial score (nSPS) is 19.1. The van der Waals surface area contributed by atoms with Crippen LogP contribution in [0.1, 0.15) is 39.6 Å². The molecule has 1 saturated heterocycles. The van der Waals surface area contributed by atoms with E-state index in [-0.39, 0.29) is 23.3 Å². The second-order valence-electron chi connectivity index (χ2n) is 8.20. The van der Waals surface area contributed by atoms with Crippen LogP contribution in [0.2, 0.25) is 0 Å². The molecule has 1 fully saturated rings. The van der Waals surface area contributed by atoms with Crippen molar-refractivity contribution in [2.75, 3.05) is 0 Å². The van der Waals surface area contributed by atoms with E-state index in [9.17, 15) is 21.6 Å². The van der Waals surface area contributed by atoms with Gasteiger partial charge in [0.05, 0.1) is 12.2 Å². The first-order valence-electron chi connectivity index (χ1n) is 10.5. The van der Waals surface area contributed by atoms with Crippen molar-refractivity contribution in [2.45, 2.75) is 28.4 Å². The minimum absolute atomic E-state index is 0.0523. The number of amides is 1. The zero-order valence-corrected chi connectivity index (χ0v) is 19.6. The van der Waals surface area contributed by atoms with Crippen LogP contribution in [0.15, 0.2) is 76.5 Å². The summed E-state index contributed by atoms with van der Waals surface area (Å²) in [5.41, 5.74) is 2.56. The van der Waals surface area contributed by atoms with Gasteiger partial charge in [0.15, 0.2) is 0 Å². The Bertz CT molecular complexity index is 1610. The van der Waals surface area contributed by atoms with Gasteiger partial charge in [-0.2, -0.15) is 0 Å². The third kappa shape index (κ3) is 4.27. The average molecular weight is 515 g/mol. The molecule has 180 valence electrons. The van der Waals surface area contributed by atoms with Crippen LogP contribution >= 0.6 is 0 Å². The fraction of sp³-hybridized carbons (Fsp3) is 0.125. The van der Waals surface area contributed by atoms with Gasteiger partial charge in [0.1, 0.15) is 15.6 Å². The lowest BCUT2D eigenvalue weighted by Gasteiger charge is -2.36. The van der Waals surface area contributed by atoms with Crippen LogP contribution in [0, 0.1) is 5.82 Å². The third-order valence-electron chi connectivity index (χ3n) is 5.97. The van der Waals surface area contributed by atoms with Crippen molar-refractivity contribution in [1.29, 1.82) is 0 Å². The van der Waals surface area contributed by atoms with Crippen molar-refractivity contribution >= 4 is 37.6 Å². The van der Waals surface area contributed by atoms with E-state index in [1.54, 1.807) is 4.72 Å². The highest BCUT2D eigenvalue weighted by Gasteiger charge is 2.38. The average Bonchev–Trinajstić information content (AvgIpc) is 3.03. The van der Waals surface area contributed by atoms with Crippen molar-refractivity contribution < 1.29 is 30.8 Å². The monoisotopic (exact) mass is 514 g/mol. The Morgan fingerprint density at radius 1 is 0.943 bits per heavy atom. The van der Waals surface area contributed by atoms with Gasteiger partial charge in [0.2, 0.25) is 10.0 Å². The molecule has 1 amide bonds. The number of hydrogen-bond acceptors (Lipinski definition) is 6. The molecule has 3 aliphatic rings. The molecule has 3 aromatic carbocycles. The van der Waals surface area contributed by atoms with Gasteiger partial charge in [-0.25, -0.2) is 31.1 Å². The Morgan fingerprint density at radius 2 is 1.60 bits per heavy atom. The smallest absolute Gasteiger partial charge is 0.265 e. The SMILES string of the molecule is NS(=O)(=O)c1ccccc1S(=O)(=O)NC(=O)c1ccc(C2=Cc3ccccc3C3CC2O3)c(F)c1. The zero-order valence-electron chi connectivity index (χ0n) is 18.0. The fourth-order valence-corrected chi connectivity index (χ4v) is 6.62. The maximum atomic E-state index is 15.1. The number of hydrogen-bond donors (Lipinski definition) is 2. The summed E-state index contributed by atoms with van der Waals surface area (Å²) in [5, 5.41) is 5.09. The molecule has 0 radical (unpaired) electrons. The van der Waals surface area contributed by atoms with Gasteiger partial charge in [-0.1, -0.05) is 42.5 Å². The number of carbonyl (C=O) groups excluding carboxylic acids is 1. The summed E-state index contributed by atoms with van der Waals surface area (Å²) < 4.78 is 71.8. The van der Waals surface area contributed by atoms with E-state index in [4.69, 9.17) is 9.88 Å². The Labute approximate surface area is 201 Å². The van der Waals surface area contributed by atoms with Crippen molar-refractivity contribution in [1.82, 2.24) is 4.72 Å². The lowest BCUT2D eigenvalue weighted by Crippen LogP contribution is -2.32. The molecule has 0 saturated carbocycles. The molecule has 3 aromatic rings. The number of ether oxygens (including phenoxy) is 1. The van der Waals surface area contributed by atoms with Gasteiger partial charge < -0.3 is 4.74 Å². The molecule has 3 N–H and O–H groups in total. The fourth-order valence-electron chi connectivity index (χ4n) is 4.26. The molecule has 0 spiro atoms.